The maximum atomic E-state index is 13.6. The molecule has 3 aromatic rings. The third kappa shape index (κ3) is 5.53. The van der Waals surface area contributed by atoms with Gasteiger partial charge in [0, 0.05) is 52.9 Å². The topological polar surface area (TPSA) is 96.7 Å². The first kappa shape index (κ1) is 32.9. The molecule has 1 N–H and O–H groups in total. The Balaban J connectivity index is 0.000000193. The number of sulfonamides is 1. The number of hydrogen-bond donors (Lipinski definition) is 1. The molecular weight excluding hydrogens is 630 g/mol. The first-order chi connectivity index (χ1) is 19.5. The fourth-order valence-corrected chi connectivity index (χ4v) is 9.55. The normalized spacial score (nSPS) is 18.4. The van der Waals surface area contributed by atoms with E-state index < -0.39 is 49.7 Å². The minimum atomic E-state index is -6.98. The number of alkyl halides is 6. The molecule has 5 rings (SSSR count). The molecule has 2 aliphatic rings. The van der Waals surface area contributed by atoms with Gasteiger partial charge in [-0.15, -0.1) is 0 Å². The van der Waals surface area contributed by atoms with Crippen LogP contribution >= 0.6 is 0 Å². The molecule has 0 radical (unpaired) electrons. The summed E-state index contributed by atoms with van der Waals surface area (Å²) in [5.74, 6) is -4.07. The number of nitrogens with zero attached hydrogens (tertiary/aromatic N) is 2. The van der Waals surface area contributed by atoms with Crippen LogP contribution in [0, 0.1) is 0 Å². The van der Waals surface area contributed by atoms with E-state index in [1.54, 1.807) is 4.90 Å². The van der Waals surface area contributed by atoms with Gasteiger partial charge in [0.15, 0.2) is 4.90 Å². The van der Waals surface area contributed by atoms with Gasteiger partial charge in [-0.05, 0) is 50.8 Å². The Morgan fingerprint density at radius 1 is 0.786 bits per heavy atom. The smallest absolute Gasteiger partial charge is 0.341 e. The molecule has 16 heteroatoms. The molecule has 3 heterocycles. The largest absolute Gasteiger partial charge is 0.439 e. The van der Waals surface area contributed by atoms with Crippen molar-refractivity contribution in [3.05, 3.63) is 42.5 Å². The Morgan fingerprint density at radius 2 is 1.36 bits per heavy atom. The maximum Gasteiger partial charge on any atom is 0.439 e. The molecule has 0 atom stereocenters. The minimum absolute atomic E-state index is 0.0512. The number of aromatic nitrogens is 1. The molecular formula is C26H31F6N2O5S3+. The van der Waals surface area contributed by atoms with Crippen LogP contribution in [-0.4, -0.2) is 71.3 Å². The van der Waals surface area contributed by atoms with Crippen LogP contribution in [0.2, 0.25) is 0 Å². The van der Waals surface area contributed by atoms with Crippen LogP contribution in [0.3, 0.4) is 0 Å². The van der Waals surface area contributed by atoms with Crippen LogP contribution in [0.1, 0.15) is 39.0 Å². The lowest BCUT2D eigenvalue weighted by Crippen LogP contribution is -2.63. The zero-order chi connectivity index (χ0) is 31.1. The van der Waals surface area contributed by atoms with E-state index in [0.717, 1.165) is 6.54 Å². The van der Waals surface area contributed by atoms with Gasteiger partial charge in [-0.3, -0.25) is 4.55 Å². The van der Waals surface area contributed by atoms with E-state index in [1.807, 2.05) is 0 Å². The van der Waals surface area contributed by atoms with Crippen LogP contribution in [-0.2, 0) is 37.6 Å². The van der Waals surface area contributed by atoms with Crippen LogP contribution in [0.4, 0.5) is 26.3 Å². The van der Waals surface area contributed by atoms with Crippen LogP contribution in [0.15, 0.2) is 47.4 Å². The van der Waals surface area contributed by atoms with Gasteiger partial charge >= 0.3 is 26.5 Å². The van der Waals surface area contributed by atoms with Crippen molar-refractivity contribution in [2.45, 2.75) is 66.9 Å². The van der Waals surface area contributed by atoms with Crippen molar-refractivity contribution >= 4 is 52.8 Å². The van der Waals surface area contributed by atoms with Gasteiger partial charge < -0.3 is 4.57 Å². The van der Waals surface area contributed by atoms with Gasteiger partial charge in [0.25, 0.3) is 10.0 Å². The molecule has 2 aromatic carbocycles. The SMILES string of the molecule is CCn1c2ccccc2c2ccc([S+]3CCCC3)cc21.O=S(=O)(O)C(F)(F)C(F)(F)C(F)(F)S(=O)(=O)N1CCCCC1. The average molecular weight is 662 g/mol. The van der Waals surface area contributed by atoms with E-state index in [-0.39, 0.29) is 17.1 Å². The Bertz CT molecular complexity index is 1650. The van der Waals surface area contributed by atoms with Crippen LogP contribution in [0.5, 0.6) is 0 Å². The quantitative estimate of drug-likeness (QED) is 0.188. The molecule has 0 spiro atoms. The second-order valence-electron chi connectivity index (χ2n) is 10.1. The maximum absolute atomic E-state index is 13.6. The van der Waals surface area contributed by atoms with E-state index in [4.69, 9.17) is 4.55 Å². The number of benzene rings is 2. The highest BCUT2D eigenvalue weighted by Gasteiger charge is 2.82. The third-order valence-corrected chi connectivity index (χ3v) is 12.8. The van der Waals surface area contributed by atoms with Crippen molar-refractivity contribution < 1.29 is 47.7 Å². The highest BCUT2D eigenvalue weighted by molar-refractivity contribution is 7.97. The van der Waals surface area contributed by atoms with E-state index in [2.05, 4.69) is 54.0 Å². The summed E-state index contributed by atoms with van der Waals surface area (Å²) >= 11 is 0. The first-order valence-electron chi connectivity index (χ1n) is 13.3. The van der Waals surface area contributed by atoms with E-state index in [9.17, 15) is 43.2 Å². The standard InChI is InChI=1S/C18H20NS.C8H11F6NO5S2/c1-2-19-17-8-4-3-7-15(17)16-10-9-14(13-18(16)19)20-11-5-6-12-20;9-6(10,8(13,14)22(18,19)20)7(11,12)21(16,17)15-4-2-1-3-5-15/h3-4,7-10,13H,2,5-6,11-12H2,1H3;1-5H2,(H,18,19,20)/q+1;. The number of piperidine rings is 1. The molecule has 0 aliphatic carbocycles. The lowest BCUT2D eigenvalue weighted by molar-refractivity contribution is -0.246. The molecule has 42 heavy (non-hydrogen) atoms. The molecule has 234 valence electrons. The number of rotatable bonds is 7. The molecule has 7 nitrogen and oxygen atoms in total. The van der Waals surface area contributed by atoms with Crippen molar-refractivity contribution in [3.63, 3.8) is 0 Å². The van der Waals surface area contributed by atoms with Gasteiger partial charge in [0.1, 0.15) is 11.5 Å². The molecule has 0 bridgehead atoms. The lowest BCUT2D eigenvalue weighted by Gasteiger charge is -2.35. The van der Waals surface area contributed by atoms with Crippen LogP contribution in [0.25, 0.3) is 21.8 Å². The Labute approximate surface area is 243 Å². The second kappa shape index (κ2) is 11.8. The Hall–Kier alpha value is -2.01. The van der Waals surface area contributed by atoms with Gasteiger partial charge in [-0.25, -0.2) is 8.42 Å². The minimum Gasteiger partial charge on any atom is -0.341 e. The number of fused-ring (bicyclic) bond motifs is 3. The second-order valence-corrected chi connectivity index (χ2v) is 15.8. The van der Waals surface area contributed by atoms with Crippen LogP contribution < -0.4 is 0 Å². The lowest BCUT2D eigenvalue weighted by atomic mass is 10.2. The first-order valence-corrected chi connectivity index (χ1v) is 17.7. The highest BCUT2D eigenvalue weighted by atomic mass is 32.2. The van der Waals surface area contributed by atoms with E-state index in [0.29, 0.717) is 17.3 Å². The van der Waals surface area contributed by atoms with Gasteiger partial charge in [-0.1, -0.05) is 24.6 Å². The molecule has 2 fully saturated rings. The number of para-hydroxylation sites is 1. The van der Waals surface area contributed by atoms with Crippen molar-refractivity contribution in [2.24, 2.45) is 0 Å². The molecule has 2 saturated heterocycles. The summed E-state index contributed by atoms with van der Waals surface area (Å²) in [7, 11) is -12.7. The summed E-state index contributed by atoms with van der Waals surface area (Å²) in [6, 6.07) is 16.0. The summed E-state index contributed by atoms with van der Waals surface area (Å²) < 4.78 is 133. The fraction of sp³-hybridized carbons (Fsp3) is 0.538. The average Bonchev–Trinajstić information content (AvgIpc) is 3.59. The molecule has 1 aromatic heterocycles. The fourth-order valence-electron chi connectivity index (χ4n) is 5.20. The summed E-state index contributed by atoms with van der Waals surface area (Å²) in [4.78, 5) is 1.58. The zero-order valence-corrected chi connectivity index (χ0v) is 25.0. The third-order valence-electron chi connectivity index (χ3n) is 7.46. The zero-order valence-electron chi connectivity index (χ0n) is 22.6. The molecule has 0 unspecified atom stereocenters. The van der Waals surface area contributed by atoms with Crippen molar-refractivity contribution in [3.8, 4) is 0 Å². The Kier molecular flexibility index (Phi) is 9.26. The predicted octanol–water partition coefficient (Wildman–Crippen LogP) is 6.10. The van der Waals surface area contributed by atoms with Crippen molar-refractivity contribution in [1.82, 2.24) is 8.87 Å². The summed E-state index contributed by atoms with van der Waals surface area (Å²) in [6.45, 7) is 2.11. The highest BCUT2D eigenvalue weighted by Crippen LogP contribution is 2.51. The summed E-state index contributed by atoms with van der Waals surface area (Å²) in [5.41, 5.74) is 2.79. The number of hydrogen-bond acceptors (Lipinski definition) is 4. The van der Waals surface area contributed by atoms with Crippen molar-refractivity contribution in [2.75, 3.05) is 24.6 Å². The molecule has 0 saturated carbocycles. The van der Waals surface area contributed by atoms with E-state index >= 15 is 0 Å². The predicted molar refractivity (Wildman–Crippen MR) is 150 cm³/mol. The summed E-state index contributed by atoms with van der Waals surface area (Å²) in [5, 5.41) is -10.3. The number of halogens is 6. The Morgan fingerprint density at radius 3 is 1.93 bits per heavy atom. The van der Waals surface area contributed by atoms with Gasteiger partial charge in [0.05, 0.1) is 5.52 Å². The number of aryl methyl sites for hydroxylation is 1. The molecule has 0 amide bonds. The van der Waals surface area contributed by atoms with E-state index in [1.165, 1.54) is 46.2 Å². The monoisotopic (exact) mass is 661 g/mol. The van der Waals surface area contributed by atoms with Crippen molar-refractivity contribution in [1.29, 1.82) is 0 Å². The van der Waals surface area contributed by atoms with Gasteiger partial charge in [-0.2, -0.15) is 39.1 Å². The van der Waals surface area contributed by atoms with Gasteiger partial charge in [0.2, 0.25) is 0 Å². The summed E-state index contributed by atoms with van der Waals surface area (Å²) in [6.07, 6.45) is 3.36. The molecule has 2 aliphatic heterocycles.